The maximum absolute atomic E-state index is 12.7. The number of H-pyrrole nitrogens is 1. The minimum atomic E-state index is -4.61. The lowest BCUT2D eigenvalue weighted by Gasteiger charge is -2.08. The van der Waals surface area contributed by atoms with E-state index >= 15 is 0 Å². The topological polar surface area (TPSA) is 130 Å². The standard InChI is InChI=1S/C21H15F3N4O4/c22-21(23,24)13-7-5-12(17(9-13)28-31)6-8-19(30)32-11-18(29)14(10-25)20-26-15-3-1-2-4-16(15)27-20/h1-5,7,9,29H,6,8,11H2,(H,26,27)/p+1/b18-14+. The molecule has 1 aromatic heterocycles. The Kier molecular flexibility index (Phi) is 6.53. The van der Waals surface area contributed by atoms with Gasteiger partial charge >= 0.3 is 12.1 Å². The van der Waals surface area contributed by atoms with Gasteiger partial charge in [-0.15, -0.1) is 0 Å². The summed E-state index contributed by atoms with van der Waals surface area (Å²) in [6, 6.07) is 11.4. The van der Waals surface area contributed by atoms with Crippen molar-refractivity contribution in [1.82, 2.24) is 9.97 Å². The smallest absolute Gasteiger partial charge is 0.416 e. The molecule has 11 heteroatoms. The molecule has 8 nitrogen and oxygen atoms in total. The third-order valence-corrected chi connectivity index (χ3v) is 4.54. The summed E-state index contributed by atoms with van der Waals surface area (Å²) in [6.07, 6.45) is -4.94. The second kappa shape index (κ2) is 9.30. The number of aliphatic hydroxyl groups is 1. The second-order valence-corrected chi connectivity index (χ2v) is 6.67. The molecule has 0 unspecified atom stereocenters. The normalized spacial score (nSPS) is 12.2. The number of carbonyl (C=O) groups is 1. The number of aryl methyl sites for hydroxylation is 1. The minimum Gasteiger partial charge on any atom is -0.507 e. The highest BCUT2D eigenvalue weighted by Gasteiger charge is 2.32. The molecule has 0 radical (unpaired) electrons. The molecular formula is C21H16F3N4O4+. The number of imidazole rings is 1. The van der Waals surface area contributed by atoms with E-state index in [2.05, 4.69) is 9.97 Å². The van der Waals surface area contributed by atoms with Crippen LogP contribution in [0.5, 0.6) is 0 Å². The Morgan fingerprint density at radius 3 is 2.66 bits per heavy atom. The van der Waals surface area contributed by atoms with Gasteiger partial charge in [0, 0.05) is 28.1 Å². The van der Waals surface area contributed by atoms with Gasteiger partial charge in [-0.25, -0.2) is 4.98 Å². The fraction of sp³-hybridized carbons (Fsp3) is 0.190. The molecule has 0 spiro atoms. The number of nitrogens with one attached hydrogen (secondary N) is 2. The van der Waals surface area contributed by atoms with Gasteiger partial charge in [-0.05, 0) is 24.6 Å². The number of nitriles is 1. The van der Waals surface area contributed by atoms with Crippen molar-refractivity contribution in [3.05, 3.63) is 70.1 Å². The number of nitroso groups, excluding NO2 is 1. The van der Waals surface area contributed by atoms with Gasteiger partial charge in [0.25, 0.3) is 5.69 Å². The van der Waals surface area contributed by atoms with Crippen LogP contribution >= 0.6 is 0 Å². The zero-order valence-electron chi connectivity index (χ0n) is 16.4. The first-order valence-electron chi connectivity index (χ1n) is 9.24. The number of aromatic nitrogens is 2. The van der Waals surface area contributed by atoms with Crippen molar-refractivity contribution < 1.29 is 33.0 Å². The summed E-state index contributed by atoms with van der Waals surface area (Å²) in [7, 11) is 0. The van der Waals surface area contributed by atoms with E-state index in [4.69, 9.17) is 4.74 Å². The quantitative estimate of drug-likeness (QED) is 0.291. The first-order chi connectivity index (χ1) is 15.2. The number of halogens is 3. The Balaban J connectivity index is 1.64. The predicted molar refractivity (Wildman–Crippen MR) is 106 cm³/mol. The van der Waals surface area contributed by atoms with Crippen LogP contribution in [0.4, 0.5) is 18.9 Å². The number of allylic oxidation sites excluding steroid dienone is 1. The number of alkyl halides is 3. The molecule has 2 aromatic carbocycles. The zero-order chi connectivity index (χ0) is 23.3. The fourth-order valence-electron chi connectivity index (χ4n) is 2.92. The highest BCUT2D eigenvalue weighted by Crippen LogP contribution is 2.31. The highest BCUT2D eigenvalue weighted by atomic mass is 19.4. The molecule has 0 aliphatic rings. The molecule has 0 bridgehead atoms. The molecule has 32 heavy (non-hydrogen) atoms. The van der Waals surface area contributed by atoms with Crippen molar-refractivity contribution in [3.63, 3.8) is 0 Å². The Bertz CT molecular complexity index is 1210. The van der Waals surface area contributed by atoms with Crippen LogP contribution in [0.3, 0.4) is 0 Å². The average Bonchev–Trinajstić information content (AvgIpc) is 3.19. The number of esters is 1. The van der Waals surface area contributed by atoms with E-state index in [1.807, 2.05) is 0 Å². The molecule has 0 fully saturated rings. The van der Waals surface area contributed by atoms with Crippen LogP contribution in [0, 0.1) is 16.2 Å². The summed E-state index contributed by atoms with van der Waals surface area (Å²) in [5, 5.41) is 21.0. The van der Waals surface area contributed by atoms with Gasteiger partial charge in [0.15, 0.2) is 11.6 Å². The van der Waals surface area contributed by atoms with E-state index in [1.54, 1.807) is 30.3 Å². The number of rotatable bonds is 7. The molecule has 0 amide bonds. The van der Waals surface area contributed by atoms with Crippen LogP contribution < -0.4 is 5.18 Å². The largest absolute Gasteiger partial charge is 0.507 e. The molecule has 0 atom stereocenters. The summed E-state index contributed by atoms with van der Waals surface area (Å²) in [6.45, 7) is -0.599. The van der Waals surface area contributed by atoms with Crippen molar-refractivity contribution in [2.24, 2.45) is 0 Å². The van der Waals surface area contributed by atoms with Crippen LogP contribution in [-0.4, -0.2) is 27.7 Å². The van der Waals surface area contributed by atoms with Crippen molar-refractivity contribution >= 4 is 28.3 Å². The lowest BCUT2D eigenvalue weighted by atomic mass is 10.0. The second-order valence-electron chi connectivity index (χ2n) is 6.67. The summed E-state index contributed by atoms with van der Waals surface area (Å²) in [5.41, 5.74) is -0.0584. The highest BCUT2D eigenvalue weighted by molar-refractivity contribution is 5.83. The first kappa shape index (κ1) is 22.5. The van der Waals surface area contributed by atoms with Gasteiger partial charge < -0.3 is 14.8 Å². The van der Waals surface area contributed by atoms with Gasteiger partial charge in [-0.1, -0.05) is 18.2 Å². The van der Waals surface area contributed by atoms with E-state index < -0.39 is 30.1 Å². The Morgan fingerprint density at radius 1 is 1.25 bits per heavy atom. The number of hydrogen-bond donors (Lipinski definition) is 3. The summed E-state index contributed by atoms with van der Waals surface area (Å²) in [5.74, 6) is -1.19. The van der Waals surface area contributed by atoms with Gasteiger partial charge in [0.1, 0.15) is 18.2 Å². The molecule has 3 rings (SSSR count). The van der Waals surface area contributed by atoms with Crippen LogP contribution in [0.1, 0.15) is 23.4 Å². The van der Waals surface area contributed by atoms with E-state index in [-0.39, 0.29) is 35.5 Å². The molecule has 0 aliphatic heterocycles. The number of carbonyl (C=O) groups excluding carboxylic acids is 1. The minimum absolute atomic E-state index is 0.0687. The number of ether oxygens (including phenoxy) is 1. The molecule has 0 saturated heterocycles. The summed E-state index contributed by atoms with van der Waals surface area (Å²) < 4.78 is 43.2. The van der Waals surface area contributed by atoms with E-state index in [1.165, 1.54) is 5.18 Å². The first-order valence-corrected chi connectivity index (χ1v) is 9.24. The summed E-state index contributed by atoms with van der Waals surface area (Å²) in [4.78, 5) is 30.1. The van der Waals surface area contributed by atoms with Crippen LogP contribution in [0.2, 0.25) is 0 Å². The van der Waals surface area contributed by atoms with Crippen LogP contribution in [-0.2, 0) is 22.1 Å². The Hall–Kier alpha value is -4.20. The number of aromatic amines is 1. The average molecular weight is 445 g/mol. The van der Waals surface area contributed by atoms with E-state index in [9.17, 15) is 33.2 Å². The maximum atomic E-state index is 12.7. The molecule has 0 aliphatic carbocycles. The predicted octanol–water partition coefficient (Wildman–Crippen LogP) is 3.03. The Morgan fingerprint density at radius 2 is 2.00 bits per heavy atom. The van der Waals surface area contributed by atoms with Gasteiger partial charge in [0.2, 0.25) is 0 Å². The van der Waals surface area contributed by atoms with Gasteiger partial charge in [-0.2, -0.15) is 18.4 Å². The SMILES string of the molecule is N#C/C(=C(\O)COC(=O)CCc1ccc(C(F)(F)F)cc1[NH+]=O)c1nc2ccccc2[nH]1. The molecule has 3 aromatic rings. The Labute approximate surface area is 178 Å². The van der Waals surface area contributed by atoms with E-state index in [0.29, 0.717) is 17.1 Å². The molecule has 1 heterocycles. The number of benzene rings is 2. The van der Waals surface area contributed by atoms with Crippen molar-refractivity contribution in [1.29, 1.82) is 5.26 Å². The molecular weight excluding hydrogens is 429 g/mol. The number of para-hydroxylation sites is 2. The zero-order valence-corrected chi connectivity index (χ0v) is 16.4. The number of aliphatic hydroxyl groups excluding tert-OH is 1. The van der Waals surface area contributed by atoms with Crippen molar-refractivity contribution in [2.45, 2.75) is 19.0 Å². The van der Waals surface area contributed by atoms with Gasteiger partial charge in [-0.3, -0.25) is 4.79 Å². The van der Waals surface area contributed by atoms with Gasteiger partial charge in [0.05, 0.1) is 16.6 Å². The molecule has 3 N–H and O–H groups in total. The van der Waals surface area contributed by atoms with Crippen LogP contribution in [0.25, 0.3) is 16.6 Å². The number of nitrogens with zero attached hydrogens (tertiary/aromatic N) is 2. The monoisotopic (exact) mass is 445 g/mol. The summed E-state index contributed by atoms with van der Waals surface area (Å²) >= 11 is 0. The lowest BCUT2D eigenvalue weighted by Crippen LogP contribution is -2.56. The molecule has 0 saturated carbocycles. The third-order valence-electron chi connectivity index (χ3n) is 4.54. The lowest BCUT2D eigenvalue weighted by molar-refractivity contribution is -0.380. The number of fused-ring (bicyclic) bond motifs is 1. The molecule has 164 valence electrons. The fourth-order valence-corrected chi connectivity index (χ4v) is 2.92. The van der Waals surface area contributed by atoms with Crippen molar-refractivity contribution in [3.8, 4) is 6.07 Å². The third kappa shape index (κ3) is 5.10. The maximum Gasteiger partial charge on any atom is 0.416 e. The van der Waals surface area contributed by atoms with Crippen molar-refractivity contribution in [2.75, 3.05) is 6.61 Å². The van der Waals surface area contributed by atoms with Crippen LogP contribution in [0.15, 0.2) is 48.2 Å². The number of hydrogen-bond acceptors (Lipinski definition) is 6. The van der Waals surface area contributed by atoms with E-state index in [0.717, 1.165) is 12.1 Å².